The Bertz CT molecular complexity index is 1050. The van der Waals surface area contributed by atoms with Gasteiger partial charge in [0.2, 0.25) is 0 Å². The predicted octanol–water partition coefficient (Wildman–Crippen LogP) is 3.32. The van der Waals surface area contributed by atoms with Crippen molar-refractivity contribution in [2.45, 2.75) is 19.9 Å². The Hall–Kier alpha value is -1.80. The van der Waals surface area contributed by atoms with Crippen LogP contribution in [-0.2, 0) is 13.0 Å². The molecule has 0 aliphatic rings. The molecule has 4 N–H and O–H groups in total. The van der Waals surface area contributed by atoms with E-state index in [-0.39, 0.29) is 0 Å². The van der Waals surface area contributed by atoms with E-state index in [2.05, 4.69) is 26.8 Å². The molecule has 0 amide bonds. The molecule has 0 fully saturated rings. The van der Waals surface area contributed by atoms with Crippen molar-refractivity contribution in [3.8, 4) is 0 Å². The summed E-state index contributed by atoms with van der Waals surface area (Å²) >= 11 is 15.5. The third kappa shape index (κ3) is 4.29. The number of anilines is 1. The van der Waals surface area contributed by atoms with Crippen molar-refractivity contribution >= 4 is 63.7 Å². The third-order valence-electron chi connectivity index (χ3n) is 3.78. The number of allylic oxidation sites excluding steroid dienone is 1. The number of halogens is 2. The number of thiazole rings is 2. The van der Waals surface area contributed by atoms with E-state index < -0.39 is 0 Å². The van der Waals surface area contributed by atoms with Gasteiger partial charge < -0.3 is 16.0 Å². The summed E-state index contributed by atoms with van der Waals surface area (Å²) in [5.41, 5.74) is 9.36. The van der Waals surface area contributed by atoms with Crippen molar-refractivity contribution in [1.29, 1.82) is 0 Å². The first kappa shape index (κ1) is 19.0. The maximum atomic E-state index is 6.34. The minimum Gasteiger partial charge on any atom is -0.403 e. The lowest BCUT2D eigenvalue weighted by molar-refractivity contribution is 1.11. The molecule has 3 rings (SSSR count). The van der Waals surface area contributed by atoms with E-state index in [1.54, 1.807) is 17.4 Å². The van der Waals surface area contributed by atoms with Crippen LogP contribution < -0.4 is 21.6 Å². The lowest BCUT2D eigenvalue weighted by Crippen LogP contribution is -2.23. The van der Waals surface area contributed by atoms with Crippen LogP contribution in [0, 0.1) is 6.92 Å². The largest absolute Gasteiger partial charge is 0.403 e. The van der Waals surface area contributed by atoms with Crippen LogP contribution in [0.2, 0.25) is 5.15 Å². The molecule has 0 aliphatic carbocycles. The molecule has 0 unspecified atom stereocenters. The van der Waals surface area contributed by atoms with Crippen molar-refractivity contribution in [3.63, 3.8) is 0 Å². The highest BCUT2D eigenvalue weighted by molar-refractivity contribution is 7.16. The first-order valence-corrected chi connectivity index (χ1v) is 10.2. The molecule has 0 bridgehead atoms. The first-order valence-electron chi connectivity index (χ1n) is 7.70. The summed E-state index contributed by atoms with van der Waals surface area (Å²) in [6, 6.07) is 0. The van der Waals surface area contributed by atoms with Gasteiger partial charge in [0.25, 0.3) is 0 Å². The molecular formula is C17H17Cl2N5S2. The summed E-state index contributed by atoms with van der Waals surface area (Å²) in [6.45, 7) is 6.67. The Morgan fingerprint density at radius 1 is 1.46 bits per heavy atom. The molecule has 136 valence electrons. The molecule has 26 heavy (non-hydrogen) atoms. The Morgan fingerprint density at radius 2 is 2.27 bits per heavy atom. The van der Waals surface area contributed by atoms with Crippen LogP contribution in [0.4, 0.5) is 5.13 Å². The predicted molar refractivity (Wildman–Crippen MR) is 112 cm³/mol. The number of aryl methyl sites for hydroxylation is 1. The van der Waals surface area contributed by atoms with E-state index in [0.29, 0.717) is 23.2 Å². The highest BCUT2D eigenvalue weighted by Crippen LogP contribution is 2.29. The monoisotopic (exact) mass is 425 g/mol. The van der Waals surface area contributed by atoms with E-state index in [0.717, 1.165) is 31.8 Å². The van der Waals surface area contributed by atoms with Gasteiger partial charge in [0, 0.05) is 34.3 Å². The van der Waals surface area contributed by atoms with Crippen LogP contribution in [-0.4, -0.2) is 15.0 Å². The number of H-pyrrole nitrogens is 1. The summed E-state index contributed by atoms with van der Waals surface area (Å²) in [4.78, 5) is 13.9. The second-order valence-corrected chi connectivity index (χ2v) is 8.34. The fourth-order valence-corrected chi connectivity index (χ4v) is 4.39. The Kier molecular flexibility index (Phi) is 6.03. The number of nitrogens with two attached hydrogens (primary N) is 1. The molecule has 3 aromatic rings. The molecule has 0 saturated carbocycles. The van der Waals surface area contributed by atoms with Crippen LogP contribution >= 0.6 is 45.9 Å². The molecule has 5 nitrogen and oxygen atoms in total. The second-order valence-electron chi connectivity index (χ2n) is 5.53. The zero-order valence-electron chi connectivity index (χ0n) is 14.0. The number of rotatable bonds is 6. The maximum absolute atomic E-state index is 6.34. The normalized spacial score (nSPS) is 12.7. The molecule has 9 heteroatoms. The minimum absolute atomic E-state index is 0.452. The smallest absolute Gasteiger partial charge is 0.184 e. The average molecular weight is 426 g/mol. The van der Waals surface area contributed by atoms with Crippen molar-refractivity contribution in [3.05, 3.63) is 59.7 Å². The number of hydrogen-bond acceptors (Lipinski definition) is 6. The summed E-state index contributed by atoms with van der Waals surface area (Å²) in [5, 5.41) is 6.74. The number of nitrogens with zero attached hydrogens (tertiary/aromatic N) is 2. The Labute approximate surface area is 168 Å². The van der Waals surface area contributed by atoms with Crippen molar-refractivity contribution in [1.82, 2.24) is 15.0 Å². The van der Waals surface area contributed by atoms with Crippen LogP contribution in [0.3, 0.4) is 0 Å². The van der Waals surface area contributed by atoms with Gasteiger partial charge in [-0.1, -0.05) is 29.8 Å². The van der Waals surface area contributed by atoms with Crippen molar-refractivity contribution < 1.29 is 0 Å². The van der Waals surface area contributed by atoms with Gasteiger partial charge in [0.1, 0.15) is 5.15 Å². The van der Waals surface area contributed by atoms with Crippen molar-refractivity contribution in [2.75, 3.05) is 5.32 Å². The van der Waals surface area contributed by atoms with Gasteiger partial charge in [-0.25, -0.2) is 9.97 Å². The number of aromatic amines is 1. The second kappa shape index (κ2) is 8.26. The lowest BCUT2D eigenvalue weighted by atomic mass is 10.1. The highest BCUT2D eigenvalue weighted by atomic mass is 35.5. The molecule has 3 aromatic heterocycles. The molecule has 3 heterocycles. The molecule has 0 spiro atoms. The fourth-order valence-electron chi connectivity index (χ4n) is 2.38. The topological polar surface area (TPSA) is 79.6 Å². The fraction of sp³-hybridized carbons (Fsp3) is 0.176. The van der Waals surface area contributed by atoms with E-state index in [9.17, 15) is 0 Å². The first-order chi connectivity index (χ1) is 12.5. The quantitative estimate of drug-likeness (QED) is 0.565. The zero-order valence-corrected chi connectivity index (χ0v) is 17.1. The molecule has 0 aromatic carbocycles. The number of aromatic nitrogens is 3. The lowest BCUT2D eigenvalue weighted by Gasteiger charge is -2.00. The van der Waals surface area contributed by atoms with E-state index >= 15 is 0 Å². The van der Waals surface area contributed by atoms with Gasteiger partial charge in [-0.3, -0.25) is 0 Å². The highest BCUT2D eigenvalue weighted by Gasteiger charge is 2.12. The molecule has 0 radical (unpaired) electrons. The third-order valence-corrected chi connectivity index (χ3v) is 6.39. The van der Waals surface area contributed by atoms with Crippen LogP contribution in [0.15, 0.2) is 22.9 Å². The number of hydrogen-bond donors (Lipinski definition) is 3. The van der Waals surface area contributed by atoms with Crippen LogP contribution in [0.1, 0.15) is 21.0 Å². The van der Waals surface area contributed by atoms with Crippen LogP contribution in [0.25, 0.3) is 12.7 Å². The van der Waals surface area contributed by atoms with Gasteiger partial charge in [0.05, 0.1) is 27.7 Å². The van der Waals surface area contributed by atoms with Gasteiger partial charge in [-0.05, 0) is 18.6 Å². The summed E-state index contributed by atoms with van der Waals surface area (Å²) in [5.74, 6) is 0. The molecular weight excluding hydrogens is 409 g/mol. The van der Waals surface area contributed by atoms with Gasteiger partial charge in [-0.15, -0.1) is 22.7 Å². The van der Waals surface area contributed by atoms with Gasteiger partial charge >= 0.3 is 0 Å². The summed E-state index contributed by atoms with van der Waals surface area (Å²) in [7, 11) is 0. The Balaban J connectivity index is 1.80. The molecule has 0 atom stereocenters. The average Bonchev–Trinajstić information content (AvgIpc) is 3.28. The number of nitrogens with one attached hydrogen (secondary N) is 2. The zero-order chi connectivity index (χ0) is 18.7. The van der Waals surface area contributed by atoms with E-state index in [4.69, 9.17) is 28.9 Å². The van der Waals surface area contributed by atoms with Crippen LogP contribution in [0.5, 0.6) is 0 Å². The van der Waals surface area contributed by atoms with Crippen molar-refractivity contribution in [2.24, 2.45) is 5.73 Å². The molecule has 0 aliphatic heterocycles. The molecule has 0 saturated heterocycles. The van der Waals surface area contributed by atoms with E-state index in [1.165, 1.54) is 22.4 Å². The maximum Gasteiger partial charge on any atom is 0.184 e. The summed E-state index contributed by atoms with van der Waals surface area (Å²) < 4.78 is 0. The van der Waals surface area contributed by atoms with Gasteiger partial charge in [-0.2, -0.15) is 0 Å². The standard InChI is InChI=1S/C17H17Cl2N5S2/c1-9-13(4-12(18)5-20)11(6-21-9)3-14-16(19)24-17(26-14)22-7-15-10(2)23-8-25-15/h4-6,8,21H,1,3,7,20H2,2H3,(H,22,24)/b12-5+,13-4+. The Morgan fingerprint density at radius 3 is 2.96 bits per heavy atom. The van der Waals surface area contributed by atoms with E-state index in [1.807, 2.05) is 18.6 Å². The summed E-state index contributed by atoms with van der Waals surface area (Å²) in [6.07, 6.45) is 5.67. The minimum atomic E-state index is 0.452. The SMILES string of the molecule is C=c1[nH]cc(Cc2sc(NCc3scnc3C)nc2Cl)/c1=C/C(Cl)=C\N. The van der Waals surface area contributed by atoms with Gasteiger partial charge in [0.15, 0.2) is 5.13 Å².